The Morgan fingerprint density at radius 1 is 1.17 bits per heavy atom. The van der Waals surface area contributed by atoms with E-state index in [1.807, 2.05) is 7.05 Å². The molecule has 2 amide bonds. The van der Waals surface area contributed by atoms with E-state index in [1.165, 1.54) is 4.90 Å². The minimum Gasteiger partial charge on any atom is -0.379 e. The fraction of sp³-hybridized carbons (Fsp3) is 0.812. The van der Waals surface area contributed by atoms with Crippen molar-refractivity contribution in [3.8, 4) is 0 Å². The summed E-state index contributed by atoms with van der Waals surface area (Å²) in [6.45, 7) is 5.00. The molecule has 0 aromatic rings. The average molecular weight is 328 g/mol. The summed E-state index contributed by atoms with van der Waals surface area (Å²) in [4.78, 5) is 36.3. The summed E-state index contributed by atoms with van der Waals surface area (Å²) < 4.78 is 10.7. The Labute approximate surface area is 137 Å². The van der Waals surface area contributed by atoms with Crippen LogP contribution in [0.3, 0.4) is 0 Å². The summed E-state index contributed by atoms with van der Waals surface area (Å²) in [5, 5.41) is 2.98. The lowest BCUT2D eigenvalue weighted by molar-refractivity contribution is -0.139. The molecule has 0 aliphatic carbocycles. The molecule has 1 atom stereocenters. The summed E-state index contributed by atoms with van der Waals surface area (Å²) in [5.41, 5.74) is 0. The van der Waals surface area contributed by atoms with E-state index in [1.54, 1.807) is 6.92 Å². The molecule has 1 N–H and O–H groups in total. The van der Waals surface area contributed by atoms with Gasteiger partial charge in [0.05, 0.1) is 19.8 Å². The third kappa shape index (κ3) is 7.67. The third-order valence-corrected chi connectivity index (χ3v) is 3.70. The highest BCUT2D eigenvalue weighted by Crippen LogP contribution is 2.18. The van der Waals surface area contributed by atoms with Gasteiger partial charge in [-0.1, -0.05) is 6.92 Å². The number of ketones is 1. The zero-order valence-corrected chi connectivity index (χ0v) is 14.1. The van der Waals surface area contributed by atoms with Crippen LogP contribution in [0, 0.1) is 5.92 Å². The molecule has 0 bridgehead atoms. The maximum Gasteiger partial charge on any atom is 0.232 e. The van der Waals surface area contributed by atoms with Crippen LogP contribution in [0.25, 0.3) is 0 Å². The molecular weight excluding hydrogens is 300 g/mol. The molecule has 1 aliphatic heterocycles. The van der Waals surface area contributed by atoms with Crippen molar-refractivity contribution in [3.05, 3.63) is 0 Å². The summed E-state index contributed by atoms with van der Waals surface area (Å²) in [6.07, 6.45) is 1.55. The molecule has 0 aromatic heterocycles. The first-order chi connectivity index (χ1) is 11.1. The summed E-state index contributed by atoms with van der Waals surface area (Å²) >= 11 is 0. The van der Waals surface area contributed by atoms with Crippen molar-refractivity contribution in [2.24, 2.45) is 5.92 Å². The molecule has 1 unspecified atom stereocenters. The Morgan fingerprint density at radius 2 is 1.87 bits per heavy atom. The first-order valence-corrected chi connectivity index (χ1v) is 8.22. The maximum atomic E-state index is 11.8. The van der Waals surface area contributed by atoms with E-state index in [0.29, 0.717) is 39.3 Å². The van der Waals surface area contributed by atoms with Crippen LogP contribution in [0.15, 0.2) is 0 Å². The van der Waals surface area contributed by atoms with E-state index >= 15 is 0 Å². The highest BCUT2D eigenvalue weighted by Gasteiger charge is 2.35. The Hall–Kier alpha value is -1.31. The van der Waals surface area contributed by atoms with Crippen LogP contribution in [-0.2, 0) is 23.9 Å². The fourth-order valence-corrected chi connectivity index (χ4v) is 2.31. The summed E-state index contributed by atoms with van der Waals surface area (Å²) in [7, 11) is 1.87. The van der Waals surface area contributed by atoms with E-state index in [-0.39, 0.29) is 42.9 Å². The lowest BCUT2D eigenvalue weighted by Gasteiger charge is -2.13. The van der Waals surface area contributed by atoms with Crippen molar-refractivity contribution in [3.63, 3.8) is 0 Å². The number of rotatable bonds is 13. The zero-order valence-electron chi connectivity index (χ0n) is 14.1. The number of Topliss-reactive ketones (excluding diaryl/α,β-unsaturated/α-hetero) is 1. The third-order valence-electron chi connectivity index (χ3n) is 3.70. The Morgan fingerprint density at radius 3 is 2.48 bits per heavy atom. The second-order valence-electron chi connectivity index (χ2n) is 5.71. The molecule has 7 nitrogen and oxygen atoms in total. The summed E-state index contributed by atoms with van der Waals surface area (Å²) in [6, 6.07) is 0. The first-order valence-electron chi connectivity index (χ1n) is 8.22. The molecule has 1 heterocycles. The molecule has 1 aliphatic rings. The fourth-order valence-electron chi connectivity index (χ4n) is 2.31. The van der Waals surface area contributed by atoms with E-state index in [4.69, 9.17) is 9.47 Å². The van der Waals surface area contributed by atoms with E-state index in [9.17, 15) is 14.4 Å². The SMILES string of the molecule is CNCCOCCOCCCC(=O)CCN1C(=O)CC(C)C1=O. The van der Waals surface area contributed by atoms with Gasteiger partial charge in [-0.25, -0.2) is 0 Å². The second kappa shape index (κ2) is 11.3. The van der Waals surface area contributed by atoms with Crippen molar-refractivity contribution in [2.45, 2.75) is 32.6 Å². The highest BCUT2D eigenvalue weighted by atomic mass is 16.5. The molecular formula is C16H28N2O5. The number of likely N-dealkylation sites (N-methyl/N-ethyl adjacent to an activating group) is 1. The van der Waals surface area contributed by atoms with Crippen LogP contribution >= 0.6 is 0 Å². The van der Waals surface area contributed by atoms with Gasteiger partial charge in [0.2, 0.25) is 11.8 Å². The van der Waals surface area contributed by atoms with E-state index < -0.39 is 0 Å². The quantitative estimate of drug-likeness (QED) is 0.388. The van der Waals surface area contributed by atoms with Gasteiger partial charge >= 0.3 is 0 Å². The molecule has 1 rings (SSSR count). The predicted molar refractivity (Wildman–Crippen MR) is 84.9 cm³/mol. The highest BCUT2D eigenvalue weighted by molar-refractivity contribution is 6.03. The largest absolute Gasteiger partial charge is 0.379 e. The van der Waals surface area contributed by atoms with Crippen molar-refractivity contribution in [1.82, 2.24) is 10.2 Å². The van der Waals surface area contributed by atoms with Crippen molar-refractivity contribution in [2.75, 3.05) is 46.6 Å². The Bertz CT molecular complexity index is 400. The smallest absolute Gasteiger partial charge is 0.232 e. The van der Waals surface area contributed by atoms with E-state index in [2.05, 4.69) is 5.32 Å². The number of ether oxygens (including phenoxy) is 2. The van der Waals surface area contributed by atoms with Gasteiger partial charge in [-0.3, -0.25) is 19.3 Å². The maximum absolute atomic E-state index is 11.8. The van der Waals surface area contributed by atoms with Crippen molar-refractivity contribution in [1.29, 1.82) is 0 Å². The standard InChI is InChI=1S/C16H28N2O5/c1-13-12-15(20)18(16(13)21)7-5-14(19)4-3-8-22-10-11-23-9-6-17-2/h13,17H,3-12H2,1-2H3. The van der Waals surface area contributed by atoms with Gasteiger partial charge < -0.3 is 14.8 Å². The van der Waals surface area contributed by atoms with Crippen molar-refractivity contribution < 1.29 is 23.9 Å². The molecule has 23 heavy (non-hydrogen) atoms. The topological polar surface area (TPSA) is 84.9 Å². The first kappa shape index (κ1) is 19.7. The monoisotopic (exact) mass is 328 g/mol. The van der Waals surface area contributed by atoms with Crippen LogP contribution in [0.4, 0.5) is 0 Å². The molecule has 7 heteroatoms. The van der Waals surface area contributed by atoms with Crippen molar-refractivity contribution >= 4 is 17.6 Å². The molecule has 132 valence electrons. The number of hydrogen-bond donors (Lipinski definition) is 1. The van der Waals surface area contributed by atoms with Crippen LogP contribution in [-0.4, -0.2) is 69.1 Å². The number of amides is 2. The van der Waals surface area contributed by atoms with Gasteiger partial charge in [0.1, 0.15) is 5.78 Å². The Balaban J connectivity index is 1.98. The Kier molecular flexibility index (Phi) is 9.66. The molecule has 1 saturated heterocycles. The average Bonchev–Trinajstić information content (AvgIpc) is 2.76. The molecule has 1 fully saturated rings. The van der Waals surface area contributed by atoms with Gasteiger partial charge in [-0.05, 0) is 13.5 Å². The minimum atomic E-state index is -0.249. The molecule has 0 spiro atoms. The number of imide groups is 1. The molecule has 0 radical (unpaired) electrons. The molecule has 0 aromatic carbocycles. The predicted octanol–water partition coefficient (Wildman–Crippen LogP) is 0.373. The van der Waals surface area contributed by atoms with Gasteiger partial charge in [0.25, 0.3) is 0 Å². The van der Waals surface area contributed by atoms with Gasteiger partial charge in [-0.2, -0.15) is 0 Å². The second-order valence-corrected chi connectivity index (χ2v) is 5.71. The van der Waals surface area contributed by atoms with E-state index in [0.717, 1.165) is 6.54 Å². The number of nitrogens with zero attached hydrogens (tertiary/aromatic N) is 1. The minimum absolute atomic E-state index is 0.0547. The number of nitrogens with one attached hydrogen (secondary N) is 1. The van der Waals surface area contributed by atoms with Gasteiger partial charge in [0, 0.05) is 44.9 Å². The summed E-state index contributed by atoms with van der Waals surface area (Å²) in [5.74, 6) is -0.526. The zero-order chi connectivity index (χ0) is 17.1. The number of hydrogen-bond acceptors (Lipinski definition) is 6. The van der Waals surface area contributed by atoms with Gasteiger partial charge in [-0.15, -0.1) is 0 Å². The molecule has 0 saturated carbocycles. The number of carbonyl (C=O) groups excluding carboxylic acids is 3. The van der Waals surface area contributed by atoms with Crippen LogP contribution in [0.2, 0.25) is 0 Å². The number of carbonyl (C=O) groups is 3. The number of likely N-dealkylation sites (tertiary alicyclic amines) is 1. The van der Waals surface area contributed by atoms with Crippen LogP contribution < -0.4 is 5.32 Å². The lowest BCUT2D eigenvalue weighted by Crippen LogP contribution is -2.32. The van der Waals surface area contributed by atoms with Crippen LogP contribution in [0.1, 0.15) is 32.6 Å². The lowest BCUT2D eigenvalue weighted by atomic mass is 10.1. The van der Waals surface area contributed by atoms with Gasteiger partial charge in [0.15, 0.2) is 0 Å². The normalized spacial score (nSPS) is 18.0. The van der Waals surface area contributed by atoms with Crippen LogP contribution in [0.5, 0.6) is 0 Å².